The first-order chi connectivity index (χ1) is 7.22. The molecule has 0 aromatic rings. The zero-order valence-electron chi connectivity index (χ0n) is 10.1. The predicted molar refractivity (Wildman–Crippen MR) is 68.8 cm³/mol. The smallest absolute Gasteiger partial charge is 0.237 e. The van der Waals surface area contributed by atoms with Crippen LogP contribution >= 0.6 is 11.8 Å². The molecule has 0 saturated heterocycles. The highest BCUT2D eigenvalue weighted by Gasteiger charge is 2.10. The van der Waals surface area contributed by atoms with Crippen LogP contribution < -0.4 is 11.1 Å². The fourth-order valence-electron chi connectivity index (χ4n) is 0.727. The molecule has 0 rings (SSSR count). The van der Waals surface area contributed by atoms with Crippen molar-refractivity contribution in [2.75, 3.05) is 18.6 Å². The summed E-state index contributed by atoms with van der Waals surface area (Å²) >= 11 is 1.69. The van der Waals surface area contributed by atoms with Crippen molar-refractivity contribution in [1.29, 1.82) is 0 Å². The quantitative estimate of drug-likeness (QED) is 0.699. The highest BCUT2D eigenvalue weighted by atomic mass is 32.2. The van der Waals surface area contributed by atoms with Gasteiger partial charge in [0.1, 0.15) is 0 Å². The number of thioether (sulfide) groups is 1. The van der Waals surface area contributed by atoms with Gasteiger partial charge in [-0.3, -0.25) is 4.79 Å². The largest absolute Gasteiger partial charge is 0.344 e. The molecule has 1 amide bonds. The zero-order chi connectivity index (χ0) is 12.1. The first kappa shape index (κ1) is 16.8. The molecule has 0 aliphatic heterocycles. The second-order valence-electron chi connectivity index (χ2n) is 2.53. The molecule has 0 aromatic heterocycles. The van der Waals surface area contributed by atoms with E-state index in [1.807, 2.05) is 20.1 Å². The third kappa shape index (κ3) is 11.3. The first-order valence-electron chi connectivity index (χ1n) is 5.14. The standard InChI is InChI=1S/C9H16N2OS.C2H6/c1-3-4-6-11-9(12)8(10)5-7-13-2;1-2/h8H,5-7,10H2,1-2H3,(H,11,12);1-2H3. The van der Waals surface area contributed by atoms with Gasteiger partial charge in [-0.1, -0.05) is 19.8 Å². The molecule has 4 heteroatoms. The summed E-state index contributed by atoms with van der Waals surface area (Å²) in [6.07, 6.45) is 2.71. The third-order valence-corrected chi connectivity index (χ3v) is 2.14. The molecule has 0 aromatic carbocycles. The van der Waals surface area contributed by atoms with Gasteiger partial charge in [-0.25, -0.2) is 0 Å². The summed E-state index contributed by atoms with van der Waals surface area (Å²) in [5, 5.41) is 2.65. The maximum atomic E-state index is 11.2. The number of hydrogen-bond acceptors (Lipinski definition) is 3. The van der Waals surface area contributed by atoms with Gasteiger partial charge in [-0.15, -0.1) is 5.92 Å². The van der Waals surface area contributed by atoms with Crippen LogP contribution in [0.5, 0.6) is 0 Å². The molecule has 0 radical (unpaired) electrons. The fourth-order valence-corrected chi connectivity index (χ4v) is 1.22. The molecule has 0 heterocycles. The van der Waals surface area contributed by atoms with Gasteiger partial charge in [0, 0.05) is 0 Å². The molecule has 1 atom stereocenters. The number of rotatable bonds is 5. The van der Waals surface area contributed by atoms with Crippen molar-refractivity contribution in [3.05, 3.63) is 0 Å². The molecular formula is C11H22N2OS. The molecule has 0 aliphatic rings. The van der Waals surface area contributed by atoms with E-state index in [0.29, 0.717) is 13.0 Å². The van der Waals surface area contributed by atoms with E-state index in [1.54, 1.807) is 18.7 Å². The van der Waals surface area contributed by atoms with Crippen molar-refractivity contribution in [2.24, 2.45) is 5.73 Å². The monoisotopic (exact) mass is 230 g/mol. The van der Waals surface area contributed by atoms with Gasteiger partial charge < -0.3 is 11.1 Å². The summed E-state index contributed by atoms with van der Waals surface area (Å²) in [5.41, 5.74) is 5.61. The van der Waals surface area contributed by atoms with Crippen molar-refractivity contribution in [2.45, 2.75) is 33.2 Å². The van der Waals surface area contributed by atoms with Gasteiger partial charge in [0.2, 0.25) is 5.91 Å². The van der Waals surface area contributed by atoms with E-state index in [9.17, 15) is 4.79 Å². The van der Waals surface area contributed by atoms with Gasteiger partial charge in [-0.05, 0) is 25.4 Å². The minimum Gasteiger partial charge on any atom is -0.344 e. The van der Waals surface area contributed by atoms with E-state index in [-0.39, 0.29) is 5.91 Å². The molecule has 88 valence electrons. The van der Waals surface area contributed by atoms with Crippen LogP contribution in [0.3, 0.4) is 0 Å². The number of amides is 1. The molecule has 0 saturated carbocycles. The molecule has 0 fully saturated rings. The summed E-state index contributed by atoms with van der Waals surface area (Å²) in [6, 6.07) is -0.397. The van der Waals surface area contributed by atoms with Crippen molar-refractivity contribution < 1.29 is 4.79 Å². The fraction of sp³-hybridized carbons (Fsp3) is 0.727. The number of nitrogens with two attached hydrogens (primary N) is 1. The molecule has 3 nitrogen and oxygen atoms in total. The Hall–Kier alpha value is -0.660. The van der Waals surface area contributed by atoms with E-state index in [4.69, 9.17) is 5.73 Å². The summed E-state index contributed by atoms with van der Waals surface area (Å²) in [4.78, 5) is 11.2. The van der Waals surface area contributed by atoms with E-state index in [2.05, 4.69) is 17.2 Å². The second-order valence-corrected chi connectivity index (χ2v) is 3.52. The Morgan fingerprint density at radius 3 is 2.60 bits per heavy atom. The average molecular weight is 230 g/mol. The van der Waals surface area contributed by atoms with Crippen LogP contribution in [0.4, 0.5) is 0 Å². The van der Waals surface area contributed by atoms with Gasteiger partial charge in [0.05, 0.1) is 12.6 Å². The molecule has 1 unspecified atom stereocenters. The summed E-state index contributed by atoms with van der Waals surface area (Å²) in [6.45, 7) is 6.13. The maximum Gasteiger partial charge on any atom is 0.237 e. The normalized spacial score (nSPS) is 10.2. The van der Waals surface area contributed by atoms with Crippen LogP contribution in [0.25, 0.3) is 0 Å². The van der Waals surface area contributed by atoms with Crippen molar-refractivity contribution in [1.82, 2.24) is 5.32 Å². The molecule has 15 heavy (non-hydrogen) atoms. The molecular weight excluding hydrogens is 208 g/mol. The molecule has 0 bridgehead atoms. The summed E-state index contributed by atoms with van der Waals surface area (Å²) < 4.78 is 0. The molecule has 0 aliphatic carbocycles. The van der Waals surface area contributed by atoms with Gasteiger partial charge >= 0.3 is 0 Å². The Labute approximate surface area is 97.6 Å². The van der Waals surface area contributed by atoms with Crippen LogP contribution in [0.15, 0.2) is 0 Å². The number of hydrogen-bond donors (Lipinski definition) is 2. The van der Waals surface area contributed by atoms with Crippen molar-refractivity contribution in [3.63, 3.8) is 0 Å². The van der Waals surface area contributed by atoms with Gasteiger partial charge in [-0.2, -0.15) is 11.8 Å². The minimum absolute atomic E-state index is 0.114. The van der Waals surface area contributed by atoms with Gasteiger partial charge in [0.25, 0.3) is 0 Å². The molecule has 0 spiro atoms. The minimum atomic E-state index is -0.397. The second kappa shape index (κ2) is 13.3. The van der Waals surface area contributed by atoms with Crippen LogP contribution in [0, 0.1) is 11.8 Å². The first-order valence-corrected chi connectivity index (χ1v) is 6.53. The Kier molecular flexibility index (Phi) is 14.9. The number of nitrogens with one attached hydrogen (secondary N) is 1. The third-order valence-electron chi connectivity index (χ3n) is 1.50. The maximum absolute atomic E-state index is 11.2. The van der Waals surface area contributed by atoms with E-state index < -0.39 is 6.04 Å². The lowest BCUT2D eigenvalue weighted by Crippen LogP contribution is -2.41. The zero-order valence-corrected chi connectivity index (χ0v) is 10.9. The Morgan fingerprint density at radius 1 is 1.53 bits per heavy atom. The van der Waals surface area contributed by atoms with Crippen LogP contribution in [0.2, 0.25) is 0 Å². The lowest BCUT2D eigenvalue weighted by atomic mass is 10.2. The van der Waals surface area contributed by atoms with Crippen LogP contribution in [-0.4, -0.2) is 30.5 Å². The lowest BCUT2D eigenvalue weighted by molar-refractivity contribution is -0.122. The van der Waals surface area contributed by atoms with E-state index >= 15 is 0 Å². The summed E-state index contributed by atoms with van der Waals surface area (Å²) in [5.74, 6) is 6.24. The Morgan fingerprint density at radius 2 is 2.13 bits per heavy atom. The highest BCUT2D eigenvalue weighted by Crippen LogP contribution is 1.98. The SMILES string of the molecule is CC.CC#CCNC(=O)C(N)CCSC. The Balaban J connectivity index is 0. The molecule has 3 N–H and O–H groups in total. The lowest BCUT2D eigenvalue weighted by Gasteiger charge is -2.09. The van der Waals surface area contributed by atoms with Crippen molar-refractivity contribution in [3.8, 4) is 11.8 Å². The Bertz CT molecular complexity index is 208. The topological polar surface area (TPSA) is 55.1 Å². The number of carbonyl (C=O) groups is 1. The average Bonchev–Trinajstić information content (AvgIpc) is 2.28. The van der Waals surface area contributed by atoms with Crippen molar-refractivity contribution >= 4 is 17.7 Å². The van der Waals surface area contributed by atoms with E-state index in [1.165, 1.54) is 0 Å². The summed E-state index contributed by atoms with van der Waals surface area (Å²) in [7, 11) is 0. The van der Waals surface area contributed by atoms with Gasteiger partial charge in [0.15, 0.2) is 0 Å². The van der Waals surface area contributed by atoms with Crippen LogP contribution in [-0.2, 0) is 4.79 Å². The predicted octanol–water partition coefficient (Wildman–Crippen LogP) is 1.23. The van der Waals surface area contributed by atoms with E-state index in [0.717, 1.165) is 5.75 Å². The highest BCUT2D eigenvalue weighted by molar-refractivity contribution is 7.98. The number of carbonyl (C=O) groups excluding carboxylic acids is 1. The van der Waals surface area contributed by atoms with Crippen LogP contribution in [0.1, 0.15) is 27.2 Å².